The third-order valence-corrected chi connectivity index (χ3v) is 0.890. The van der Waals surface area contributed by atoms with Crippen molar-refractivity contribution in [2.75, 3.05) is 13.2 Å². The van der Waals surface area contributed by atoms with Crippen LogP contribution in [0.2, 0.25) is 0 Å². The van der Waals surface area contributed by atoms with Crippen molar-refractivity contribution < 1.29 is 14.6 Å². The van der Waals surface area contributed by atoms with Crippen LogP contribution in [0.1, 0.15) is 34.6 Å². The lowest BCUT2D eigenvalue weighted by Crippen LogP contribution is -2.39. The fourth-order valence-electron chi connectivity index (χ4n) is 0.525. The lowest BCUT2D eigenvalue weighted by Gasteiger charge is -2.16. The zero-order valence-corrected chi connectivity index (χ0v) is 9.18. The van der Waals surface area contributed by atoms with E-state index in [0.29, 0.717) is 0 Å². The number of rotatable bonds is 2. The highest BCUT2D eigenvalue weighted by Crippen LogP contribution is 1.96. The molecule has 0 unspecified atom stereocenters. The van der Waals surface area contributed by atoms with Crippen molar-refractivity contribution in [1.29, 1.82) is 0 Å². The molecule has 4 heteroatoms. The van der Waals surface area contributed by atoms with Crippen LogP contribution in [0.3, 0.4) is 0 Å². The molecule has 0 saturated heterocycles. The molecule has 4 nitrogen and oxygen atoms in total. The molecule has 13 heavy (non-hydrogen) atoms. The van der Waals surface area contributed by atoms with Gasteiger partial charge in [0.15, 0.2) is 0 Å². The van der Waals surface area contributed by atoms with Gasteiger partial charge in [0.05, 0.1) is 0 Å². The van der Waals surface area contributed by atoms with Crippen molar-refractivity contribution in [3.05, 3.63) is 0 Å². The summed E-state index contributed by atoms with van der Waals surface area (Å²) in [4.78, 5) is 9.90. The van der Waals surface area contributed by atoms with E-state index in [2.05, 4.69) is 5.32 Å². The molecule has 1 amide bonds. The van der Waals surface area contributed by atoms with Crippen LogP contribution in [0, 0.1) is 0 Å². The monoisotopic (exact) mass is 191 g/mol. The van der Waals surface area contributed by atoms with E-state index in [1.165, 1.54) is 0 Å². The fraction of sp³-hybridized carbons (Fsp3) is 0.889. The summed E-state index contributed by atoms with van der Waals surface area (Å²) in [5.41, 5.74) is -0.328. The topological polar surface area (TPSA) is 58.6 Å². The summed E-state index contributed by atoms with van der Waals surface area (Å²) in [5.74, 6) is 0. The van der Waals surface area contributed by atoms with Gasteiger partial charge in [-0.25, -0.2) is 4.79 Å². The Morgan fingerprint density at radius 3 is 1.69 bits per heavy atom. The van der Waals surface area contributed by atoms with Crippen LogP contribution in [0.4, 0.5) is 4.79 Å². The molecule has 0 aliphatic rings. The van der Waals surface area contributed by atoms with E-state index in [0.717, 1.165) is 13.2 Å². The average molecular weight is 191 g/mol. The molecular formula is C9H21NO3. The predicted octanol–water partition coefficient (Wildman–Crippen LogP) is 2.10. The number of carbonyl (C=O) groups is 1. The van der Waals surface area contributed by atoms with Gasteiger partial charge >= 0.3 is 6.09 Å². The van der Waals surface area contributed by atoms with Crippen LogP contribution in [-0.4, -0.2) is 30.0 Å². The number of carboxylic acid groups (broad SMARTS) is 1. The van der Waals surface area contributed by atoms with Gasteiger partial charge in [-0.15, -0.1) is 0 Å². The van der Waals surface area contributed by atoms with Crippen molar-refractivity contribution in [1.82, 2.24) is 5.32 Å². The van der Waals surface area contributed by atoms with Crippen molar-refractivity contribution in [3.63, 3.8) is 0 Å². The molecule has 2 N–H and O–H groups in total. The molecule has 0 aromatic carbocycles. The molecule has 0 rings (SSSR count). The maximum atomic E-state index is 9.90. The van der Waals surface area contributed by atoms with E-state index in [1.54, 1.807) is 20.8 Å². The van der Waals surface area contributed by atoms with Crippen molar-refractivity contribution in [3.8, 4) is 0 Å². The Kier molecular flexibility index (Phi) is 8.91. The first-order valence-corrected chi connectivity index (χ1v) is 4.42. The Bertz CT molecular complexity index is 127. The maximum Gasteiger partial charge on any atom is 0.405 e. The van der Waals surface area contributed by atoms with Crippen LogP contribution in [0.15, 0.2) is 0 Å². The molecule has 0 atom stereocenters. The minimum Gasteiger partial charge on any atom is -0.465 e. The van der Waals surface area contributed by atoms with Crippen LogP contribution in [-0.2, 0) is 4.74 Å². The zero-order chi connectivity index (χ0) is 10.9. The van der Waals surface area contributed by atoms with Gasteiger partial charge in [-0.2, -0.15) is 0 Å². The third-order valence-electron chi connectivity index (χ3n) is 0.890. The van der Waals surface area contributed by atoms with Gasteiger partial charge in [-0.1, -0.05) is 0 Å². The first-order valence-electron chi connectivity index (χ1n) is 4.42. The first kappa shape index (κ1) is 14.7. The molecule has 0 saturated carbocycles. The SMILES string of the molecule is CC(C)(C)NC(=O)O.CCOCC. The van der Waals surface area contributed by atoms with Gasteiger partial charge in [0.2, 0.25) is 0 Å². The second kappa shape index (κ2) is 7.86. The van der Waals surface area contributed by atoms with Gasteiger partial charge in [-0.05, 0) is 34.6 Å². The van der Waals surface area contributed by atoms with E-state index in [1.807, 2.05) is 13.8 Å². The second-order valence-corrected chi connectivity index (χ2v) is 3.46. The van der Waals surface area contributed by atoms with Crippen molar-refractivity contribution in [2.45, 2.75) is 40.2 Å². The minimum atomic E-state index is -0.975. The maximum absolute atomic E-state index is 9.90. The van der Waals surface area contributed by atoms with E-state index < -0.39 is 6.09 Å². The number of ether oxygens (including phenoxy) is 1. The van der Waals surface area contributed by atoms with E-state index in [9.17, 15) is 4.79 Å². The number of amides is 1. The molecule has 0 heterocycles. The zero-order valence-electron chi connectivity index (χ0n) is 9.18. The Morgan fingerprint density at radius 1 is 1.31 bits per heavy atom. The summed E-state index contributed by atoms with van der Waals surface area (Å²) in [7, 11) is 0. The van der Waals surface area contributed by atoms with Crippen LogP contribution in [0.5, 0.6) is 0 Å². The van der Waals surface area contributed by atoms with E-state index >= 15 is 0 Å². The predicted molar refractivity (Wildman–Crippen MR) is 53.1 cm³/mol. The Balaban J connectivity index is 0. The van der Waals surface area contributed by atoms with E-state index in [-0.39, 0.29) is 5.54 Å². The number of hydrogen-bond acceptors (Lipinski definition) is 2. The molecule has 0 spiro atoms. The van der Waals surface area contributed by atoms with Gasteiger partial charge in [0.25, 0.3) is 0 Å². The summed E-state index contributed by atoms with van der Waals surface area (Å²) in [6.45, 7) is 11.0. The largest absolute Gasteiger partial charge is 0.465 e. The van der Waals surface area contributed by atoms with Gasteiger partial charge in [0, 0.05) is 18.8 Å². The molecule has 0 fully saturated rings. The summed E-state index contributed by atoms with van der Waals surface area (Å²) in [5, 5.41) is 10.4. The van der Waals surface area contributed by atoms with Crippen molar-refractivity contribution >= 4 is 6.09 Å². The lowest BCUT2D eigenvalue weighted by atomic mass is 10.1. The molecule has 0 aliphatic heterocycles. The van der Waals surface area contributed by atoms with E-state index in [4.69, 9.17) is 9.84 Å². The third kappa shape index (κ3) is 24.6. The first-order chi connectivity index (χ1) is 5.83. The average Bonchev–Trinajstić information content (AvgIpc) is 1.84. The molecular weight excluding hydrogens is 170 g/mol. The van der Waals surface area contributed by atoms with Gasteiger partial charge in [-0.3, -0.25) is 0 Å². The van der Waals surface area contributed by atoms with Crippen LogP contribution >= 0.6 is 0 Å². The summed E-state index contributed by atoms with van der Waals surface area (Å²) >= 11 is 0. The molecule has 80 valence electrons. The smallest absolute Gasteiger partial charge is 0.405 e. The number of hydrogen-bond donors (Lipinski definition) is 2. The van der Waals surface area contributed by atoms with Crippen LogP contribution in [0.25, 0.3) is 0 Å². The Labute approximate surface area is 80.3 Å². The minimum absolute atomic E-state index is 0.328. The Hall–Kier alpha value is -0.770. The van der Waals surface area contributed by atoms with Gasteiger partial charge < -0.3 is 15.2 Å². The normalized spacial score (nSPS) is 9.92. The summed E-state index contributed by atoms with van der Waals surface area (Å²) in [6.07, 6.45) is -0.975. The van der Waals surface area contributed by atoms with Crippen LogP contribution < -0.4 is 5.32 Å². The standard InChI is InChI=1S/C5H11NO2.C4H10O/c1-5(2,3)6-4(7)8;1-3-5-4-2/h6H,1-3H3,(H,7,8);3-4H2,1-2H3. The fourth-order valence-corrected chi connectivity index (χ4v) is 0.525. The molecule has 0 aromatic heterocycles. The summed E-state index contributed by atoms with van der Waals surface area (Å²) in [6, 6.07) is 0. The summed E-state index contributed by atoms with van der Waals surface area (Å²) < 4.78 is 4.83. The molecule has 0 radical (unpaired) electrons. The van der Waals surface area contributed by atoms with Gasteiger partial charge in [0.1, 0.15) is 0 Å². The van der Waals surface area contributed by atoms with Crippen molar-refractivity contribution in [2.24, 2.45) is 0 Å². The highest BCUT2D eigenvalue weighted by atomic mass is 16.5. The quantitative estimate of drug-likeness (QED) is 0.702. The molecule has 0 bridgehead atoms. The molecule has 0 aliphatic carbocycles. The molecule has 0 aromatic rings. The highest BCUT2D eigenvalue weighted by Gasteiger charge is 2.10. The lowest BCUT2D eigenvalue weighted by molar-refractivity contribution is 0.162. The number of nitrogens with one attached hydrogen (secondary N) is 1. The highest BCUT2D eigenvalue weighted by molar-refractivity contribution is 5.65. The Morgan fingerprint density at radius 2 is 1.69 bits per heavy atom. The second-order valence-electron chi connectivity index (χ2n) is 3.46.